The number of nitrogens with one attached hydrogen (secondary N) is 1. The fourth-order valence-electron chi connectivity index (χ4n) is 3.14. The number of amides is 1. The molecule has 0 aromatic heterocycles. The molecule has 0 heterocycles. The Balaban J connectivity index is 1.38. The molecule has 0 fully saturated rings. The van der Waals surface area contributed by atoms with Gasteiger partial charge in [0.2, 0.25) is 5.91 Å². The number of hydrogen-bond acceptors (Lipinski definition) is 4. The fourth-order valence-corrected chi connectivity index (χ4v) is 3.14. The molecule has 31 heavy (non-hydrogen) atoms. The maximum Gasteiger partial charge on any atom is 0.240 e. The van der Waals surface area contributed by atoms with Gasteiger partial charge >= 0.3 is 0 Å². The minimum absolute atomic E-state index is 0.0924. The lowest BCUT2D eigenvalue weighted by molar-refractivity contribution is -0.121. The smallest absolute Gasteiger partial charge is 0.240 e. The van der Waals surface area contributed by atoms with E-state index in [1.807, 2.05) is 66.7 Å². The summed E-state index contributed by atoms with van der Waals surface area (Å²) in [6, 6.07) is 23.6. The molecule has 1 N–H and O–H groups in total. The average molecular weight is 417 g/mol. The van der Waals surface area contributed by atoms with Crippen molar-refractivity contribution < 1.29 is 14.3 Å². The maximum absolute atomic E-state index is 12.0. The number of benzene rings is 3. The minimum atomic E-state index is -0.0924. The Hall–Kier alpha value is -3.60. The molecule has 3 rings (SSSR count). The largest absolute Gasteiger partial charge is 0.497 e. The van der Waals surface area contributed by atoms with Crippen LogP contribution in [0.15, 0.2) is 77.9 Å². The van der Waals surface area contributed by atoms with Crippen molar-refractivity contribution in [2.24, 2.45) is 5.10 Å². The number of rotatable bonds is 10. The van der Waals surface area contributed by atoms with Gasteiger partial charge in [0.05, 0.1) is 13.3 Å². The van der Waals surface area contributed by atoms with Crippen molar-refractivity contribution in [1.82, 2.24) is 5.43 Å². The fraction of sp³-hybridized carbons (Fsp3) is 0.231. The summed E-state index contributed by atoms with van der Waals surface area (Å²) in [6.07, 6.45) is 3.67. The van der Waals surface area contributed by atoms with Gasteiger partial charge in [-0.2, -0.15) is 5.10 Å². The number of nitrogens with zero attached hydrogens (tertiary/aromatic N) is 1. The summed E-state index contributed by atoms with van der Waals surface area (Å²) in [5.41, 5.74) is 7.01. The lowest BCUT2D eigenvalue weighted by Gasteiger charge is -2.07. The molecular weight excluding hydrogens is 388 g/mol. The quantitative estimate of drug-likeness (QED) is 0.371. The number of ether oxygens (including phenoxy) is 2. The molecule has 0 saturated heterocycles. The third-order valence-corrected chi connectivity index (χ3v) is 4.93. The van der Waals surface area contributed by atoms with Gasteiger partial charge in [-0.3, -0.25) is 4.79 Å². The molecule has 0 unspecified atom stereocenters. The zero-order valence-electron chi connectivity index (χ0n) is 18.0. The molecule has 0 aliphatic carbocycles. The van der Waals surface area contributed by atoms with Gasteiger partial charge in [-0.15, -0.1) is 0 Å². The Morgan fingerprint density at radius 2 is 1.74 bits per heavy atom. The van der Waals surface area contributed by atoms with Crippen molar-refractivity contribution in [3.05, 3.63) is 95.1 Å². The normalized spacial score (nSPS) is 10.8. The molecule has 0 saturated carbocycles. The van der Waals surface area contributed by atoms with E-state index in [2.05, 4.69) is 23.5 Å². The van der Waals surface area contributed by atoms with Crippen LogP contribution in [0.2, 0.25) is 0 Å². The highest BCUT2D eigenvalue weighted by atomic mass is 16.5. The number of methoxy groups -OCH3 is 1. The predicted octanol–water partition coefficient (Wildman–Crippen LogP) is 5.06. The summed E-state index contributed by atoms with van der Waals surface area (Å²) in [5, 5.41) is 4.05. The van der Waals surface area contributed by atoms with E-state index in [9.17, 15) is 4.79 Å². The van der Waals surface area contributed by atoms with Crippen LogP contribution in [0.4, 0.5) is 0 Å². The Kier molecular flexibility index (Phi) is 8.23. The molecular formula is C26H28N2O3. The molecule has 0 aliphatic rings. The van der Waals surface area contributed by atoms with Gasteiger partial charge in [0.15, 0.2) is 0 Å². The van der Waals surface area contributed by atoms with Crippen molar-refractivity contribution in [2.75, 3.05) is 7.11 Å². The van der Waals surface area contributed by atoms with Crippen LogP contribution in [0.3, 0.4) is 0 Å². The van der Waals surface area contributed by atoms with Gasteiger partial charge in [0, 0.05) is 6.42 Å². The Bertz CT molecular complexity index is 999. The molecule has 160 valence electrons. The number of carbonyl (C=O) groups excluding carboxylic acids is 1. The van der Waals surface area contributed by atoms with Gasteiger partial charge in [-0.1, -0.05) is 36.4 Å². The summed E-state index contributed by atoms with van der Waals surface area (Å²) in [5.74, 6) is 1.55. The zero-order valence-corrected chi connectivity index (χ0v) is 18.0. The first-order valence-corrected chi connectivity index (χ1v) is 10.4. The van der Waals surface area contributed by atoms with Gasteiger partial charge in [0.1, 0.15) is 18.1 Å². The van der Waals surface area contributed by atoms with Crippen LogP contribution in [0.1, 0.15) is 35.1 Å². The number of hydrazone groups is 1. The van der Waals surface area contributed by atoms with Crippen molar-refractivity contribution >= 4 is 12.1 Å². The van der Waals surface area contributed by atoms with Crippen molar-refractivity contribution in [1.29, 1.82) is 0 Å². The highest BCUT2D eigenvalue weighted by Gasteiger charge is 2.04. The highest BCUT2D eigenvalue weighted by molar-refractivity contribution is 5.82. The first-order chi connectivity index (χ1) is 15.1. The van der Waals surface area contributed by atoms with E-state index in [4.69, 9.17) is 9.47 Å². The van der Waals surface area contributed by atoms with Gasteiger partial charge in [0.25, 0.3) is 0 Å². The second-order valence-electron chi connectivity index (χ2n) is 7.28. The lowest BCUT2D eigenvalue weighted by Crippen LogP contribution is -2.17. The van der Waals surface area contributed by atoms with Crippen LogP contribution in [0.5, 0.6) is 11.5 Å². The number of carbonyl (C=O) groups is 1. The summed E-state index contributed by atoms with van der Waals surface area (Å²) in [4.78, 5) is 12.0. The van der Waals surface area contributed by atoms with Crippen molar-refractivity contribution in [2.45, 2.75) is 32.8 Å². The summed E-state index contributed by atoms with van der Waals surface area (Å²) >= 11 is 0. The highest BCUT2D eigenvalue weighted by Crippen LogP contribution is 2.18. The number of hydrogen-bond donors (Lipinski definition) is 1. The van der Waals surface area contributed by atoms with Crippen LogP contribution in [0.25, 0.3) is 0 Å². The van der Waals surface area contributed by atoms with E-state index in [0.717, 1.165) is 35.5 Å². The van der Waals surface area contributed by atoms with Crippen LogP contribution in [-0.2, 0) is 17.8 Å². The minimum Gasteiger partial charge on any atom is -0.497 e. The molecule has 0 spiro atoms. The van der Waals surface area contributed by atoms with Gasteiger partial charge in [-0.05, 0) is 78.4 Å². The molecule has 0 bridgehead atoms. The first-order valence-electron chi connectivity index (χ1n) is 10.4. The predicted molar refractivity (Wildman–Crippen MR) is 124 cm³/mol. The molecule has 5 heteroatoms. The van der Waals surface area contributed by atoms with Crippen LogP contribution in [-0.4, -0.2) is 19.2 Å². The lowest BCUT2D eigenvalue weighted by atomic mass is 10.0. The molecule has 3 aromatic rings. The number of aryl methyl sites for hydroxylation is 2. The SMILES string of the molecule is COc1ccc(CCCC(=O)N/N=C\c2ccc(OCc3ccccc3)cc2)c(C)c1. The van der Waals surface area contributed by atoms with Gasteiger partial charge < -0.3 is 9.47 Å². The summed E-state index contributed by atoms with van der Waals surface area (Å²) < 4.78 is 11.0. The van der Waals surface area contributed by atoms with E-state index in [0.29, 0.717) is 13.0 Å². The Morgan fingerprint density at radius 3 is 2.45 bits per heavy atom. The summed E-state index contributed by atoms with van der Waals surface area (Å²) in [6.45, 7) is 2.58. The Labute approximate surface area is 183 Å². The van der Waals surface area contributed by atoms with Crippen LogP contribution in [0, 0.1) is 6.92 Å². The standard InChI is InChI=1S/C26H28N2O3/c1-20-17-25(30-2)16-13-23(20)9-6-10-26(29)28-27-18-21-11-14-24(15-12-21)31-19-22-7-4-3-5-8-22/h3-5,7-8,11-18H,6,9-10,19H2,1-2H3,(H,28,29)/b27-18-. The monoisotopic (exact) mass is 416 g/mol. The molecule has 0 aliphatic heterocycles. The van der Waals surface area contributed by atoms with E-state index in [-0.39, 0.29) is 5.91 Å². The third kappa shape index (κ3) is 7.30. The van der Waals surface area contributed by atoms with E-state index in [1.54, 1.807) is 13.3 Å². The molecule has 0 atom stereocenters. The average Bonchev–Trinajstić information content (AvgIpc) is 2.80. The molecule has 1 amide bonds. The zero-order chi connectivity index (χ0) is 21.9. The Morgan fingerprint density at radius 1 is 1.00 bits per heavy atom. The third-order valence-electron chi connectivity index (χ3n) is 4.93. The first kappa shape index (κ1) is 22.1. The molecule has 0 radical (unpaired) electrons. The molecule has 3 aromatic carbocycles. The van der Waals surface area contributed by atoms with Crippen molar-refractivity contribution in [3.63, 3.8) is 0 Å². The van der Waals surface area contributed by atoms with Gasteiger partial charge in [-0.25, -0.2) is 5.43 Å². The second-order valence-corrected chi connectivity index (χ2v) is 7.28. The van der Waals surface area contributed by atoms with Crippen LogP contribution >= 0.6 is 0 Å². The van der Waals surface area contributed by atoms with E-state index >= 15 is 0 Å². The van der Waals surface area contributed by atoms with Crippen LogP contribution < -0.4 is 14.9 Å². The summed E-state index contributed by atoms with van der Waals surface area (Å²) in [7, 11) is 1.66. The topological polar surface area (TPSA) is 59.9 Å². The maximum atomic E-state index is 12.0. The second kappa shape index (κ2) is 11.6. The van der Waals surface area contributed by atoms with Crippen molar-refractivity contribution in [3.8, 4) is 11.5 Å². The molecule has 5 nitrogen and oxygen atoms in total. The van der Waals surface area contributed by atoms with E-state index < -0.39 is 0 Å². The van der Waals surface area contributed by atoms with E-state index in [1.165, 1.54) is 11.1 Å².